The van der Waals surface area contributed by atoms with Gasteiger partial charge in [-0.05, 0) is 25.1 Å². The second kappa shape index (κ2) is 5.10. The number of nitrogens with two attached hydrogens (primary N) is 1. The Balaban J connectivity index is 2.23. The van der Waals surface area contributed by atoms with Crippen molar-refractivity contribution < 1.29 is 4.74 Å². The van der Waals surface area contributed by atoms with Crippen LogP contribution in [0.3, 0.4) is 0 Å². The number of nitrogens with zero attached hydrogens (tertiary/aromatic N) is 1. The summed E-state index contributed by atoms with van der Waals surface area (Å²) in [6.07, 6.45) is 0.864. The van der Waals surface area contributed by atoms with E-state index in [9.17, 15) is 0 Å². The molecule has 1 aromatic rings. The highest BCUT2D eigenvalue weighted by atomic mass is 35.5. The fourth-order valence-corrected chi connectivity index (χ4v) is 2.21. The molecule has 0 saturated carbocycles. The smallest absolute Gasteiger partial charge is 0.143 e. The maximum absolute atomic E-state index is 6.01. The van der Waals surface area contributed by atoms with E-state index < -0.39 is 0 Å². The second-order valence-electron chi connectivity index (χ2n) is 4.20. The maximum Gasteiger partial charge on any atom is 0.143 e. The molecule has 5 heteroatoms. The quantitative estimate of drug-likeness (QED) is 0.857. The van der Waals surface area contributed by atoms with E-state index in [-0.39, 0.29) is 6.10 Å². The average Bonchev–Trinajstić information content (AvgIpc) is 2.26. The van der Waals surface area contributed by atoms with E-state index >= 15 is 0 Å². The molecule has 0 bridgehead atoms. The third-order valence-electron chi connectivity index (χ3n) is 2.70. The standard InChI is InChI=1S/C12H15ClN2OS/c1-8-7-15(5-4-12(14)17)10-6-9(13)2-3-11(10)16-8/h2-3,6,8H,4-5,7H2,1H3,(H2,14,17). The summed E-state index contributed by atoms with van der Waals surface area (Å²) in [5.74, 6) is 0.871. The number of halogens is 1. The lowest BCUT2D eigenvalue weighted by Gasteiger charge is -2.35. The van der Waals surface area contributed by atoms with Gasteiger partial charge in [-0.3, -0.25) is 0 Å². The molecule has 1 heterocycles. The molecule has 1 aromatic carbocycles. The molecular weight excluding hydrogens is 256 g/mol. The van der Waals surface area contributed by atoms with Gasteiger partial charge in [0, 0.05) is 18.0 Å². The van der Waals surface area contributed by atoms with Crippen molar-refractivity contribution in [2.75, 3.05) is 18.0 Å². The second-order valence-corrected chi connectivity index (χ2v) is 5.16. The van der Waals surface area contributed by atoms with E-state index in [1.54, 1.807) is 0 Å². The Bertz CT molecular complexity index is 439. The Kier molecular flexibility index (Phi) is 3.74. The largest absolute Gasteiger partial charge is 0.487 e. The van der Waals surface area contributed by atoms with Crippen molar-refractivity contribution in [2.45, 2.75) is 19.4 Å². The van der Waals surface area contributed by atoms with Crippen molar-refractivity contribution in [2.24, 2.45) is 5.73 Å². The Labute approximate surface area is 111 Å². The van der Waals surface area contributed by atoms with E-state index in [1.165, 1.54) is 0 Å². The van der Waals surface area contributed by atoms with Crippen LogP contribution in [0.25, 0.3) is 0 Å². The van der Waals surface area contributed by atoms with Gasteiger partial charge < -0.3 is 15.4 Å². The first kappa shape index (κ1) is 12.5. The van der Waals surface area contributed by atoms with E-state index in [0.717, 1.165) is 24.5 Å². The summed E-state index contributed by atoms with van der Waals surface area (Å²) in [7, 11) is 0. The molecule has 17 heavy (non-hydrogen) atoms. The molecule has 0 fully saturated rings. The van der Waals surface area contributed by atoms with Crippen LogP contribution in [0, 0.1) is 0 Å². The Morgan fingerprint density at radius 3 is 3.12 bits per heavy atom. The summed E-state index contributed by atoms with van der Waals surface area (Å²) < 4.78 is 5.76. The van der Waals surface area contributed by atoms with Crippen molar-refractivity contribution in [3.8, 4) is 5.75 Å². The van der Waals surface area contributed by atoms with Crippen LogP contribution in [0.1, 0.15) is 13.3 Å². The number of thiocarbonyl (C=S) groups is 1. The molecule has 0 radical (unpaired) electrons. The highest BCUT2D eigenvalue weighted by Gasteiger charge is 2.22. The highest BCUT2D eigenvalue weighted by molar-refractivity contribution is 7.80. The van der Waals surface area contributed by atoms with Gasteiger partial charge in [-0.1, -0.05) is 23.8 Å². The summed E-state index contributed by atoms with van der Waals surface area (Å²) in [5, 5.41) is 0.710. The number of hydrogen-bond donors (Lipinski definition) is 1. The van der Waals surface area contributed by atoms with Gasteiger partial charge in [0.05, 0.1) is 17.2 Å². The Morgan fingerprint density at radius 1 is 1.65 bits per heavy atom. The van der Waals surface area contributed by atoms with Crippen LogP contribution in [0.15, 0.2) is 18.2 Å². The summed E-state index contributed by atoms with van der Waals surface area (Å²) in [5.41, 5.74) is 6.56. The molecule has 0 aliphatic carbocycles. The van der Waals surface area contributed by atoms with Gasteiger partial charge in [0.1, 0.15) is 11.9 Å². The van der Waals surface area contributed by atoms with Crippen molar-refractivity contribution in [1.82, 2.24) is 0 Å². The lowest BCUT2D eigenvalue weighted by atomic mass is 10.2. The van der Waals surface area contributed by atoms with Crippen molar-refractivity contribution >= 4 is 34.5 Å². The summed E-state index contributed by atoms with van der Waals surface area (Å²) in [4.78, 5) is 2.75. The molecule has 1 aliphatic heterocycles. The number of anilines is 1. The molecule has 1 atom stereocenters. The number of hydrogen-bond acceptors (Lipinski definition) is 3. The number of rotatable bonds is 3. The molecule has 0 spiro atoms. The molecule has 2 rings (SSSR count). The fraction of sp³-hybridized carbons (Fsp3) is 0.417. The van der Waals surface area contributed by atoms with Gasteiger partial charge in [0.15, 0.2) is 0 Å². The first-order chi connectivity index (χ1) is 8.06. The molecule has 0 amide bonds. The summed E-state index contributed by atoms with van der Waals surface area (Å²) in [6.45, 7) is 3.68. The molecule has 0 saturated heterocycles. The maximum atomic E-state index is 6.01. The topological polar surface area (TPSA) is 38.5 Å². The minimum atomic E-state index is 0.162. The van der Waals surface area contributed by atoms with E-state index in [0.29, 0.717) is 16.4 Å². The number of benzene rings is 1. The van der Waals surface area contributed by atoms with Crippen molar-refractivity contribution in [1.29, 1.82) is 0 Å². The number of fused-ring (bicyclic) bond motifs is 1. The van der Waals surface area contributed by atoms with Gasteiger partial charge in [-0.15, -0.1) is 0 Å². The van der Waals surface area contributed by atoms with E-state index in [1.807, 2.05) is 25.1 Å². The SMILES string of the molecule is CC1CN(CCC(N)=S)c2cc(Cl)ccc2O1. The van der Waals surface area contributed by atoms with E-state index in [2.05, 4.69) is 4.90 Å². The predicted molar refractivity (Wildman–Crippen MR) is 75.2 cm³/mol. The zero-order valence-corrected chi connectivity index (χ0v) is 11.2. The normalized spacial score (nSPS) is 18.5. The van der Waals surface area contributed by atoms with Crippen LogP contribution in [0.5, 0.6) is 5.75 Å². The minimum absolute atomic E-state index is 0.162. The van der Waals surface area contributed by atoms with Crippen molar-refractivity contribution in [3.63, 3.8) is 0 Å². The molecule has 0 aromatic heterocycles. The van der Waals surface area contributed by atoms with Crippen molar-refractivity contribution in [3.05, 3.63) is 23.2 Å². The number of ether oxygens (including phenoxy) is 1. The molecule has 1 aliphatic rings. The van der Waals surface area contributed by atoms with Gasteiger partial charge in [0.2, 0.25) is 0 Å². The minimum Gasteiger partial charge on any atom is -0.487 e. The zero-order valence-electron chi connectivity index (χ0n) is 9.65. The summed E-state index contributed by atoms with van der Waals surface area (Å²) in [6, 6.07) is 5.66. The first-order valence-electron chi connectivity index (χ1n) is 5.55. The fourth-order valence-electron chi connectivity index (χ4n) is 1.96. The zero-order chi connectivity index (χ0) is 12.4. The first-order valence-corrected chi connectivity index (χ1v) is 6.34. The van der Waals surface area contributed by atoms with Crippen LogP contribution < -0.4 is 15.4 Å². The third-order valence-corrected chi connectivity index (χ3v) is 3.13. The lowest BCUT2D eigenvalue weighted by Crippen LogP contribution is -2.39. The van der Waals surface area contributed by atoms with Gasteiger partial charge in [0.25, 0.3) is 0 Å². The third kappa shape index (κ3) is 3.01. The predicted octanol–water partition coefficient (Wildman–Crippen LogP) is 2.60. The molecule has 3 nitrogen and oxygen atoms in total. The molecular formula is C12H15ClN2OS. The molecule has 92 valence electrons. The van der Waals surface area contributed by atoms with Crippen LogP contribution in [-0.2, 0) is 0 Å². The van der Waals surface area contributed by atoms with Gasteiger partial charge in [-0.2, -0.15) is 0 Å². The van der Waals surface area contributed by atoms with Gasteiger partial charge in [-0.25, -0.2) is 0 Å². The summed E-state index contributed by atoms with van der Waals surface area (Å²) >= 11 is 10.9. The monoisotopic (exact) mass is 270 g/mol. The van der Waals surface area contributed by atoms with Crippen LogP contribution in [-0.4, -0.2) is 24.2 Å². The lowest BCUT2D eigenvalue weighted by molar-refractivity contribution is 0.213. The van der Waals surface area contributed by atoms with Gasteiger partial charge >= 0.3 is 0 Å². The van der Waals surface area contributed by atoms with Crippen LogP contribution in [0.4, 0.5) is 5.69 Å². The average molecular weight is 271 g/mol. The molecule has 1 unspecified atom stereocenters. The highest BCUT2D eigenvalue weighted by Crippen LogP contribution is 2.35. The van der Waals surface area contributed by atoms with E-state index in [4.69, 9.17) is 34.3 Å². The van der Waals surface area contributed by atoms with Crippen LogP contribution >= 0.6 is 23.8 Å². The Hall–Kier alpha value is -1.00. The Morgan fingerprint density at radius 2 is 2.41 bits per heavy atom. The van der Waals surface area contributed by atoms with Crippen LogP contribution in [0.2, 0.25) is 5.02 Å². The molecule has 2 N–H and O–H groups in total.